The Bertz CT molecular complexity index is 863. The SMILES string of the molecule is NC(=O)[C@H](Cc1ccccc1I)NC(=O)C[C@@H](O)CNC(=O)OCc1ccccc1. The number of aliphatic hydroxyl groups is 1. The minimum absolute atomic E-state index is 0.0990. The summed E-state index contributed by atoms with van der Waals surface area (Å²) in [6.45, 7) is -0.0688. The number of hydrogen-bond acceptors (Lipinski definition) is 5. The number of alkyl carbamates (subject to hydrolysis) is 1. The fourth-order valence-electron chi connectivity index (χ4n) is 2.62. The van der Waals surface area contributed by atoms with Gasteiger partial charge in [-0.2, -0.15) is 0 Å². The molecule has 9 heteroatoms. The van der Waals surface area contributed by atoms with E-state index in [4.69, 9.17) is 10.5 Å². The summed E-state index contributed by atoms with van der Waals surface area (Å²) < 4.78 is 5.99. The lowest BCUT2D eigenvalue weighted by Crippen LogP contribution is -2.47. The van der Waals surface area contributed by atoms with Gasteiger partial charge in [0, 0.05) is 16.5 Å². The minimum Gasteiger partial charge on any atom is -0.445 e. The van der Waals surface area contributed by atoms with Crippen molar-refractivity contribution in [2.24, 2.45) is 5.73 Å². The zero-order valence-corrected chi connectivity index (χ0v) is 18.4. The van der Waals surface area contributed by atoms with E-state index in [2.05, 4.69) is 33.2 Å². The smallest absolute Gasteiger partial charge is 0.407 e. The molecule has 5 N–H and O–H groups in total. The van der Waals surface area contributed by atoms with E-state index in [1.54, 1.807) is 0 Å². The molecule has 8 nitrogen and oxygen atoms in total. The quantitative estimate of drug-likeness (QED) is 0.349. The first kappa shape index (κ1) is 23.6. The summed E-state index contributed by atoms with van der Waals surface area (Å²) in [5.41, 5.74) is 7.11. The van der Waals surface area contributed by atoms with E-state index in [0.717, 1.165) is 14.7 Å². The Morgan fingerprint density at radius 2 is 1.73 bits per heavy atom. The van der Waals surface area contributed by atoms with Crippen LogP contribution in [0.25, 0.3) is 0 Å². The molecule has 0 aliphatic heterocycles. The second kappa shape index (κ2) is 12.1. The summed E-state index contributed by atoms with van der Waals surface area (Å²) in [6, 6.07) is 15.7. The molecule has 3 amide bonds. The Morgan fingerprint density at radius 1 is 1.07 bits per heavy atom. The summed E-state index contributed by atoms with van der Waals surface area (Å²) in [4.78, 5) is 35.6. The third-order valence-corrected chi connectivity index (χ3v) is 5.23. The van der Waals surface area contributed by atoms with E-state index in [0.29, 0.717) is 0 Å². The maximum Gasteiger partial charge on any atom is 0.407 e. The van der Waals surface area contributed by atoms with Crippen molar-refractivity contribution in [2.45, 2.75) is 31.6 Å². The fourth-order valence-corrected chi connectivity index (χ4v) is 3.23. The lowest BCUT2D eigenvalue weighted by Gasteiger charge is -2.18. The molecule has 2 rings (SSSR count). The monoisotopic (exact) mass is 525 g/mol. The van der Waals surface area contributed by atoms with Crippen molar-refractivity contribution in [3.63, 3.8) is 0 Å². The molecule has 0 saturated carbocycles. The van der Waals surface area contributed by atoms with Gasteiger partial charge in [0.25, 0.3) is 0 Å². The molecular formula is C21H24IN3O5. The number of hydrogen-bond donors (Lipinski definition) is 4. The summed E-state index contributed by atoms with van der Waals surface area (Å²) in [5, 5.41) is 14.9. The first-order chi connectivity index (χ1) is 14.3. The van der Waals surface area contributed by atoms with E-state index in [1.807, 2.05) is 54.6 Å². The normalized spacial score (nSPS) is 12.5. The molecule has 2 atom stereocenters. The van der Waals surface area contributed by atoms with Crippen LogP contribution < -0.4 is 16.4 Å². The second-order valence-corrected chi connectivity index (χ2v) is 7.78. The van der Waals surface area contributed by atoms with Crippen LogP contribution in [0, 0.1) is 3.57 Å². The highest BCUT2D eigenvalue weighted by atomic mass is 127. The van der Waals surface area contributed by atoms with Gasteiger partial charge in [0.05, 0.1) is 12.5 Å². The highest BCUT2D eigenvalue weighted by Crippen LogP contribution is 2.13. The zero-order chi connectivity index (χ0) is 21.9. The molecule has 0 bridgehead atoms. The molecule has 0 radical (unpaired) electrons. The van der Waals surface area contributed by atoms with Crippen LogP contribution in [-0.4, -0.2) is 41.7 Å². The molecular weight excluding hydrogens is 501 g/mol. The Labute approximate surface area is 188 Å². The topological polar surface area (TPSA) is 131 Å². The Kier molecular flexibility index (Phi) is 9.55. The van der Waals surface area contributed by atoms with Crippen LogP contribution in [0.4, 0.5) is 4.79 Å². The minimum atomic E-state index is -1.14. The standard InChI is InChI=1S/C21H24IN3O5/c22-17-9-5-4-8-15(17)10-18(20(23)28)25-19(27)11-16(26)12-24-21(29)30-13-14-6-2-1-3-7-14/h1-9,16,18,26H,10-13H2,(H2,23,28)(H,24,29)(H,25,27)/t16-,18+/m1/s1. The van der Waals surface area contributed by atoms with E-state index >= 15 is 0 Å². The molecule has 0 aromatic heterocycles. The number of nitrogens with one attached hydrogen (secondary N) is 2. The van der Waals surface area contributed by atoms with Crippen molar-refractivity contribution in [1.82, 2.24) is 10.6 Å². The summed E-state index contributed by atoms with van der Waals surface area (Å²) >= 11 is 2.14. The number of primary amides is 1. The predicted molar refractivity (Wildman–Crippen MR) is 119 cm³/mol. The highest BCUT2D eigenvalue weighted by molar-refractivity contribution is 14.1. The Hall–Kier alpha value is -2.66. The number of rotatable bonds is 10. The molecule has 0 saturated heterocycles. The third kappa shape index (κ3) is 8.37. The lowest BCUT2D eigenvalue weighted by atomic mass is 10.1. The largest absolute Gasteiger partial charge is 0.445 e. The van der Waals surface area contributed by atoms with Gasteiger partial charge in [-0.15, -0.1) is 0 Å². The van der Waals surface area contributed by atoms with Crippen molar-refractivity contribution < 1.29 is 24.2 Å². The van der Waals surface area contributed by atoms with Crippen molar-refractivity contribution in [2.75, 3.05) is 6.54 Å². The number of amides is 3. The van der Waals surface area contributed by atoms with Gasteiger partial charge in [-0.1, -0.05) is 48.5 Å². The molecule has 0 aliphatic carbocycles. The van der Waals surface area contributed by atoms with Gasteiger partial charge >= 0.3 is 6.09 Å². The van der Waals surface area contributed by atoms with Crippen LogP contribution in [0.5, 0.6) is 0 Å². The number of benzene rings is 2. The molecule has 0 heterocycles. The van der Waals surface area contributed by atoms with Gasteiger partial charge < -0.3 is 26.2 Å². The molecule has 0 aliphatic rings. The lowest BCUT2D eigenvalue weighted by molar-refractivity contribution is -0.128. The molecule has 2 aromatic carbocycles. The number of nitrogens with two attached hydrogens (primary N) is 1. The van der Waals surface area contributed by atoms with E-state index < -0.39 is 30.1 Å². The molecule has 0 spiro atoms. The Morgan fingerprint density at radius 3 is 2.40 bits per heavy atom. The second-order valence-electron chi connectivity index (χ2n) is 6.62. The number of carbonyl (C=O) groups excluding carboxylic acids is 3. The summed E-state index contributed by atoms with van der Waals surface area (Å²) in [7, 11) is 0. The summed E-state index contributed by atoms with van der Waals surface area (Å²) in [6.07, 6.45) is -1.89. The highest BCUT2D eigenvalue weighted by Gasteiger charge is 2.21. The molecule has 0 unspecified atom stereocenters. The third-order valence-electron chi connectivity index (χ3n) is 4.18. The van der Waals surface area contributed by atoms with Gasteiger partial charge in [-0.3, -0.25) is 9.59 Å². The van der Waals surface area contributed by atoms with Gasteiger partial charge in [0.2, 0.25) is 11.8 Å². The van der Waals surface area contributed by atoms with E-state index in [9.17, 15) is 19.5 Å². The number of aliphatic hydroxyl groups excluding tert-OH is 1. The number of halogens is 1. The predicted octanol–water partition coefficient (Wildman–Crippen LogP) is 1.48. The average Bonchev–Trinajstić information content (AvgIpc) is 2.72. The van der Waals surface area contributed by atoms with Crippen molar-refractivity contribution in [3.05, 3.63) is 69.3 Å². The first-order valence-corrected chi connectivity index (χ1v) is 10.4. The summed E-state index contributed by atoms with van der Waals surface area (Å²) in [5.74, 6) is -1.21. The van der Waals surface area contributed by atoms with Gasteiger partial charge in [0.1, 0.15) is 12.6 Å². The molecule has 0 fully saturated rings. The van der Waals surface area contributed by atoms with Crippen molar-refractivity contribution in [1.29, 1.82) is 0 Å². The van der Waals surface area contributed by atoms with Crippen LogP contribution in [0.15, 0.2) is 54.6 Å². The fraction of sp³-hybridized carbons (Fsp3) is 0.286. The van der Waals surface area contributed by atoms with Crippen LogP contribution >= 0.6 is 22.6 Å². The van der Waals surface area contributed by atoms with Gasteiger partial charge in [-0.25, -0.2) is 4.79 Å². The van der Waals surface area contributed by atoms with Gasteiger partial charge in [-0.05, 0) is 39.8 Å². The number of ether oxygens (including phenoxy) is 1. The average molecular weight is 525 g/mol. The van der Waals surface area contributed by atoms with E-state index in [1.165, 1.54) is 0 Å². The maximum absolute atomic E-state index is 12.2. The van der Waals surface area contributed by atoms with Crippen LogP contribution in [0.2, 0.25) is 0 Å². The van der Waals surface area contributed by atoms with E-state index in [-0.39, 0.29) is 26.0 Å². The first-order valence-electron chi connectivity index (χ1n) is 9.30. The number of carbonyl (C=O) groups is 3. The van der Waals surface area contributed by atoms with Crippen molar-refractivity contribution in [3.8, 4) is 0 Å². The van der Waals surface area contributed by atoms with Crippen molar-refractivity contribution >= 4 is 40.5 Å². The van der Waals surface area contributed by atoms with Crippen LogP contribution in [0.1, 0.15) is 17.5 Å². The molecule has 2 aromatic rings. The maximum atomic E-state index is 12.2. The zero-order valence-electron chi connectivity index (χ0n) is 16.2. The molecule has 160 valence electrons. The molecule has 30 heavy (non-hydrogen) atoms. The Balaban J connectivity index is 1.74. The van der Waals surface area contributed by atoms with Crippen LogP contribution in [-0.2, 0) is 27.4 Å². The van der Waals surface area contributed by atoms with Crippen LogP contribution in [0.3, 0.4) is 0 Å². The van der Waals surface area contributed by atoms with Gasteiger partial charge in [0.15, 0.2) is 0 Å².